The van der Waals surface area contributed by atoms with Gasteiger partial charge in [0.2, 0.25) is 11.8 Å². The highest BCUT2D eigenvalue weighted by atomic mass is 35.5. The van der Waals surface area contributed by atoms with Crippen LogP contribution in [0, 0.1) is 0 Å². The highest BCUT2D eigenvalue weighted by molar-refractivity contribution is 6.30. The number of piperazine rings is 1. The van der Waals surface area contributed by atoms with Gasteiger partial charge >= 0.3 is 6.18 Å². The summed E-state index contributed by atoms with van der Waals surface area (Å²) in [6.07, 6.45) is 2.15. The Bertz CT molecular complexity index is 3070. The molecule has 4 aromatic carbocycles. The zero-order valence-corrected chi connectivity index (χ0v) is 46.7. The van der Waals surface area contributed by atoms with E-state index in [-0.39, 0.29) is 53.0 Å². The first kappa shape index (κ1) is 59.9. The number of carbonyl (C=O) groups is 4. The third-order valence-electron chi connectivity index (χ3n) is 15.8. The van der Waals surface area contributed by atoms with Gasteiger partial charge in [-0.15, -0.1) is 0 Å². The molecular weight excluding hydrogens is 1080 g/mol. The summed E-state index contributed by atoms with van der Waals surface area (Å²) in [6, 6.07) is 25.1. The number of rotatable bonds is 25. The zero-order chi connectivity index (χ0) is 57.5. The molecule has 0 aliphatic carbocycles. The Morgan fingerprint density at radius 1 is 0.720 bits per heavy atom. The van der Waals surface area contributed by atoms with Crippen molar-refractivity contribution in [2.75, 3.05) is 123 Å². The molecule has 0 saturated carbocycles. The van der Waals surface area contributed by atoms with Crippen molar-refractivity contribution in [3.05, 3.63) is 136 Å². The van der Waals surface area contributed by atoms with Crippen molar-refractivity contribution in [2.45, 2.75) is 62.2 Å². The lowest BCUT2D eigenvalue weighted by Gasteiger charge is -2.39. The summed E-state index contributed by atoms with van der Waals surface area (Å²) >= 11 is 6.24. The maximum Gasteiger partial charge on any atom is 0.417 e. The number of ether oxygens (including phenoxy) is 4. The van der Waals surface area contributed by atoms with E-state index in [9.17, 15) is 32.3 Å². The second-order valence-electron chi connectivity index (χ2n) is 21.0. The van der Waals surface area contributed by atoms with Crippen LogP contribution in [0.4, 0.5) is 19.0 Å². The number of H-pyrrole nitrogens is 1. The number of likely N-dealkylation sites (tertiary alicyclic amines) is 1. The summed E-state index contributed by atoms with van der Waals surface area (Å²) in [7, 11) is 0. The fourth-order valence-corrected chi connectivity index (χ4v) is 11.1. The minimum atomic E-state index is -4.52. The van der Waals surface area contributed by atoms with Gasteiger partial charge in [-0.3, -0.25) is 24.1 Å². The number of hydrogen-bond donors (Lipinski definition) is 4. The van der Waals surface area contributed by atoms with Crippen LogP contribution in [-0.4, -0.2) is 177 Å². The van der Waals surface area contributed by atoms with Gasteiger partial charge in [-0.05, 0) is 102 Å². The van der Waals surface area contributed by atoms with Gasteiger partial charge < -0.3 is 55.0 Å². The zero-order valence-electron chi connectivity index (χ0n) is 46.0. The summed E-state index contributed by atoms with van der Waals surface area (Å²) in [5, 5.41) is 8.01. The first-order valence-electron chi connectivity index (χ1n) is 28.2. The number of aromatic nitrogens is 3. The van der Waals surface area contributed by atoms with Crippen molar-refractivity contribution in [3.8, 4) is 0 Å². The molecule has 9 rings (SSSR count). The molecule has 5 heterocycles. The van der Waals surface area contributed by atoms with Crippen LogP contribution in [0.15, 0.2) is 104 Å². The van der Waals surface area contributed by atoms with Crippen LogP contribution in [0.5, 0.6) is 0 Å². The summed E-state index contributed by atoms with van der Waals surface area (Å²) in [4.78, 5) is 73.2. The molecule has 0 spiro atoms. The SMILES string of the molecule is NC1(C(=O)N[C@@H](CCN2CCN(C(=O)CCOCCOCCOCCOCCNC(=O)c3ccc(C4CCN(C(=O)c5cccc6c(C(F)(F)F)cccc56)CC4)cc3)CC2)c2ccc(Cl)cc2)CCN(c2ncnc3[nH]ccc23)CC1. The van der Waals surface area contributed by atoms with Gasteiger partial charge in [-0.2, -0.15) is 13.2 Å². The van der Waals surface area contributed by atoms with E-state index >= 15 is 0 Å². The van der Waals surface area contributed by atoms with E-state index in [1.54, 1.807) is 35.5 Å². The van der Waals surface area contributed by atoms with Crippen molar-refractivity contribution in [2.24, 2.45) is 5.73 Å². The van der Waals surface area contributed by atoms with Crippen LogP contribution in [0.2, 0.25) is 5.02 Å². The highest BCUT2D eigenvalue weighted by Gasteiger charge is 2.40. The third kappa shape index (κ3) is 15.7. The van der Waals surface area contributed by atoms with E-state index in [4.69, 9.17) is 36.3 Å². The van der Waals surface area contributed by atoms with E-state index in [0.29, 0.717) is 147 Å². The molecule has 22 heteroatoms. The van der Waals surface area contributed by atoms with E-state index < -0.39 is 17.3 Å². The number of anilines is 1. The molecule has 6 aromatic rings. The number of fused-ring (bicyclic) bond motifs is 2. The lowest BCUT2D eigenvalue weighted by molar-refractivity contribution is -0.136. The Hall–Kier alpha value is -6.72. The third-order valence-corrected chi connectivity index (χ3v) is 16.0. The number of hydrogen-bond acceptors (Lipinski definition) is 13. The quantitative estimate of drug-likeness (QED) is 0.0413. The molecule has 438 valence electrons. The maximum atomic E-state index is 13.9. The number of nitrogens with zero attached hydrogens (tertiary/aromatic N) is 6. The van der Waals surface area contributed by atoms with Crippen LogP contribution in [0.3, 0.4) is 0 Å². The molecule has 3 aliphatic heterocycles. The topological polar surface area (TPSA) is 210 Å². The predicted octanol–water partition coefficient (Wildman–Crippen LogP) is 7.38. The summed E-state index contributed by atoms with van der Waals surface area (Å²) in [5.41, 5.74) is 8.61. The largest absolute Gasteiger partial charge is 0.417 e. The summed E-state index contributed by atoms with van der Waals surface area (Å²) < 4.78 is 63.4. The molecule has 0 bridgehead atoms. The van der Waals surface area contributed by atoms with E-state index in [0.717, 1.165) is 53.7 Å². The molecular formula is C60H72ClF3N10O8. The standard InChI is InChI=1S/C60H72ClF3N10O8/c61-46-13-11-44(12-14-46)52(70-58(78)59(65)20-27-73(28-21-59)55-50-15-22-66-54(50)68-41-69-55)18-24-71-29-31-72(32-30-71)53(75)19-33-79-35-37-81-39-40-82-38-36-80-34-23-67-56(76)45-9-7-42(8-10-45)43-16-25-74(26-17-43)57(77)49-5-1-4-48-47(49)3-2-6-51(48)60(62,63)64/h1-15,22,41,43,52H,16-21,23-40,65H2,(H,67,76)(H,70,78)(H,66,68,69)/t52-/m0/s1. The highest BCUT2D eigenvalue weighted by Crippen LogP contribution is 2.37. The minimum Gasteiger partial charge on any atom is -0.379 e. The smallest absolute Gasteiger partial charge is 0.379 e. The Labute approximate surface area is 480 Å². The average Bonchev–Trinajstić information content (AvgIpc) is 4.00. The first-order valence-corrected chi connectivity index (χ1v) is 28.6. The van der Waals surface area contributed by atoms with Gasteiger partial charge in [0.15, 0.2) is 0 Å². The molecule has 3 aliphatic rings. The van der Waals surface area contributed by atoms with Crippen LogP contribution < -0.4 is 21.3 Å². The van der Waals surface area contributed by atoms with E-state index in [2.05, 4.69) is 35.4 Å². The van der Waals surface area contributed by atoms with Gasteiger partial charge in [0.1, 0.15) is 17.8 Å². The molecule has 3 fully saturated rings. The van der Waals surface area contributed by atoms with Gasteiger partial charge in [-0.25, -0.2) is 9.97 Å². The number of alkyl halides is 3. The lowest BCUT2D eigenvalue weighted by atomic mass is 9.87. The molecule has 3 saturated heterocycles. The Balaban J connectivity index is 0.570. The number of nitrogens with one attached hydrogen (secondary N) is 3. The number of aromatic amines is 1. The number of benzene rings is 4. The Kier molecular flexibility index (Phi) is 20.8. The van der Waals surface area contributed by atoms with Crippen LogP contribution in [0.25, 0.3) is 21.8 Å². The number of amides is 4. The molecule has 0 unspecified atom stereocenters. The minimum absolute atomic E-state index is 0.0123. The Morgan fingerprint density at radius 2 is 1.37 bits per heavy atom. The molecule has 0 radical (unpaired) electrons. The van der Waals surface area contributed by atoms with Gasteiger partial charge in [0.05, 0.1) is 81.8 Å². The van der Waals surface area contributed by atoms with Crippen LogP contribution >= 0.6 is 11.6 Å². The maximum absolute atomic E-state index is 13.9. The molecule has 5 N–H and O–H groups in total. The van der Waals surface area contributed by atoms with Crippen LogP contribution in [-0.2, 0) is 34.7 Å². The Morgan fingerprint density at radius 3 is 2.05 bits per heavy atom. The monoisotopic (exact) mass is 1150 g/mol. The molecule has 4 amide bonds. The van der Waals surface area contributed by atoms with Crippen molar-refractivity contribution in [3.63, 3.8) is 0 Å². The fourth-order valence-electron chi connectivity index (χ4n) is 11.0. The second kappa shape index (κ2) is 28.5. The van der Waals surface area contributed by atoms with Crippen molar-refractivity contribution in [1.29, 1.82) is 0 Å². The molecule has 2 aromatic heterocycles. The summed E-state index contributed by atoms with van der Waals surface area (Å²) in [5.74, 6) is 0.390. The fraction of sp³-hybridized carbons (Fsp3) is 0.467. The van der Waals surface area contributed by atoms with Gasteiger partial charge in [0, 0.05) is 87.8 Å². The van der Waals surface area contributed by atoms with Gasteiger partial charge in [0.25, 0.3) is 11.8 Å². The second-order valence-corrected chi connectivity index (χ2v) is 21.5. The molecule has 1 atom stereocenters. The first-order chi connectivity index (χ1) is 39.7. The predicted molar refractivity (Wildman–Crippen MR) is 306 cm³/mol. The van der Waals surface area contributed by atoms with Gasteiger partial charge in [-0.1, -0.05) is 60.1 Å². The van der Waals surface area contributed by atoms with Crippen molar-refractivity contribution >= 4 is 62.9 Å². The molecule has 82 heavy (non-hydrogen) atoms. The summed E-state index contributed by atoms with van der Waals surface area (Å²) in [6.45, 7) is 8.66. The normalized spacial score (nSPS) is 16.6. The van der Waals surface area contributed by atoms with E-state index in [1.807, 2.05) is 53.6 Å². The molecule has 18 nitrogen and oxygen atoms in total. The van der Waals surface area contributed by atoms with Crippen molar-refractivity contribution in [1.82, 2.24) is 40.3 Å². The number of carbonyl (C=O) groups excluding carboxylic acids is 4. The number of piperidine rings is 2. The number of nitrogens with two attached hydrogens (primary N) is 1. The van der Waals surface area contributed by atoms with Crippen LogP contribution in [0.1, 0.15) is 87.9 Å². The van der Waals surface area contributed by atoms with Crippen molar-refractivity contribution < 1.29 is 51.3 Å². The van der Waals surface area contributed by atoms with E-state index in [1.165, 1.54) is 18.2 Å². The number of halogens is 4. The lowest BCUT2D eigenvalue weighted by Crippen LogP contribution is -2.60. The average molecular weight is 1150 g/mol.